The molecule has 0 radical (unpaired) electrons. The van der Waals surface area contributed by atoms with Gasteiger partial charge < -0.3 is 5.32 Å². The summed E-state index contributed by atoms with van der Waals surface area (Å²) in [5, 5.41) is 4.16. The second-order valence-electron chi connectivity index (χ2n) is 8.80. The molecule has 160 valence electrons. The highest BCUT2D eigenvalue weighted by molar-refractivity contribution is 7.18. The number of imide groups is 1. The Hall–Kier alpha value is -2.03. The number of nitrogens with one attached hydrogen (secondary N) is 1. The van der Waals surface area contributed by atoms with Crippen molar-refractivity contribution in [1.29, 1.82) is 0 Å². The minimum Gasteiger partial charge on any atom is -0.323 e. The van der Waals surface area contributed by atoms with E-state index < -0.39 is 5.54 Å². The number of rotatable bonds is 4. The van der Waals surface area contributed by atoms with Crippen LogP contribution in [0, 0.1) is 0 Å². The molecule has 0 unspecified atom stereocenters. The maximum absolute atomic E-state index is 13.0. The lowest BCUT2D eigenvalue weighted by molar-refractivity contribution is -0.134. The molecule has 2 saturated heterocycles. The molecule has 1 spiro atoms. The van der Waals surface area contributed by atoms with Crippen LogP contribution >= 0.6 is 11.3 Å². The smallest absolute Gasteiger partial charge is 0.323 e. The van der Waals surface area contributed by atoms with Gasteiger partial charge in [0.2, 0.25) is 0 Å². The van der Waals surface area contributed by atoms with Crippen LogP contribution in [0.5, 0.6) is 0 Å². The van der Waals surface area contributed by atoms with Gasteiger partial charge in [-0.2, -0.15) is 0 Å². The summed E-state index contributed by atoms with van der Waals surface area (Å²) in [6.07, 6.45) is 4.74. The molecule has 3 amide bonds. The van der Waals surface area contributed by atoms with Crippen molar-refractivity contribution in [3.05, 3.63) is 29.3 Å². The Bertz CT molecular complexity index is 913. The second kappa shape index (κ2) is 7.90. The third-order valence-corrected chi connectivity index (χ3v) is 8.12. The third kappa shape index (κ3) is 3.50. The molecule has 2 aliphatic heterocycles. The van der Waals surface area contributed by atoms with E-state index in [9.17, 15) is 9.59 Å². The highest BCUT2D eigenvalue weighted by Crippen LogP contribution is 2.34. The zero-order chi connectivity index (χ0) is 20.7. The van der Waals surface area contributed by atoms with E-state index in [0.717, 1.165) is 68.8 Å². The van der Waals surface area contributed by atoms with Crippen molar-refractivity contribution in [3.63, 3.8) is 0 Å². The molecule has 2 aromatic rings. The molecule has 1 saturated carbocycles. The minimum atomic E-state index is -0.626. The van der Waals surface area contributed by atoms with E-state index >= 15 is 0 Å². The van der Waals surface area contributed by atoms with Gasteiger partial charge in [-0.15, -0.1) is 11.3 Å². The first-order valence-corrected chi connectivity index (χ1v) is 11.8. The second-order valence-corrected chi connectivity index (χ2v) is 9.86. The number of fused-ring (bicyclic) bond motifs is 1. The van der Waals surface area contributed by atoms with Crippen LogP contribution in [0.3, 0.4) is 0 Å². The molecule has 0 bridgehead atoms. The van der Waals surface area contributed by atoms with Gasteiger partial charge in [-0.25, -0.2) is 14.7 Å². The van der Waals surface area contributed by atoms with E-state index in [-0.39, 0.29) is 18.0 Å². The molecule has 1 N–H and O–H groups in total. The van der Waals surface area contributed by atoms with Gasteiger partial charge in [-0.3, -0.25) is 14.6 Å². The lowest BCUT2D eigenvalue weighted by Gasteiger charge is -2.38. The molecule has 3 aliphatic rings. The molecule has 7 nitrogen and oxygen atoms in total. The van der Waals surface area contributed by atoms with Crippen molar-refractivity contribution in [2.75, 3.05) is 32.8 Å². The van der Waals surface area contributed by atoms with E-state index in [4.69, 9.17) is 4.98 Å². The Balaban J connectivity index is 1.19. The molecule has 8 heteroatoms. The molecule has 1 atom stereocenters. The van der Waals surface area contributed by atoms with Crippen molar-refractivity contribution in [1.82, 2.24) is 25.0 Å². The van der Waals surface area contributed by atoms with Crippen LogP contribution in [0.2, 0.25) is 0 Å². The van der Waals surface area contributed by atoms with E-state index in [0.29, 0.717) is 6.67 Å². The van der Waals surface area contributed by atoms with E-state index in [1.54, 1.807) is 11.3 Å². The van der Waals surface area contributed by atoms with Crippen LogP contribution in [0.15, 0.2) is 24.3 Å². The largest absolute Gasteiger partial charge is 0.326 e. The first-order chi connectivity index (χ1) is 14.6. The monoisotopic (exact) mass is 427 g/mol. The first-order valence-electron chi connectivity index (χ1n) is 11.0. The van der Waals surface area contributed by atoms with Crippen LogP contribution in [-0.2, 0) is 4.79 Å². The van der Waals surface area contributed by atoms with Crippen LogP contribution in [-0.4, -0.2) is 70.0 Å². The summed E-state index contributed by atoms with van der Waals surface area (Å²) < 4.78 is 1.23. The van der Waals surface area contributed by atoms with Gasteiger partial charge in [0, 0.05) is 26.2 Å². The number of piperazine rings is 1. The van der Waals surface area contributed by atoms with Gasteiger partial charge in [0.25, 0.3) is 5.91 Å². The highest BCUT2D eigenvalue weighted by Gasteiger charge is 2.51. The van der Waals surface area contributed by atoms with Gasteiger partial charge in [0.1, 0.15) is 10.5 Å². The average Bonchev–Trinajstić information content (AvgIpc) is 3.30. The zero-order valence-electron chi connectivity index (χ0n) is 17.5. The molecule has 1 aromatic carbocycles. The van der Waals surface area contributed by atoms with Crippen LogP contribution in [0.4, 0.5) is 4.79 Å². The van der Waals surface area contributed by atoms with E-state index in [1.165, 1.54) is 9.60 Å². The Morgan fingerprint density at radius 3 is 2.57 bits per heavy atom. The van der Waals surface area contributed by atoms with Crippen molar-refractivity contribution in [3.8, 4) is 0 Å². The third-order valence-electron chi connectivity index (χ3n) is 6.92. The Labute approximate surface area is 181 Å². The number of nitrogens with zero attached hydrogens (tertiary/aromatic N) is 4. The SMILES string of the molecule is C[C@H](c1nc2ccccc2s1)N1CCN(CN2C(=O)NC3(CCCCC3)C2=O)CC1. The number of hydrogen-bond donors (Lipinski definition) is 1. The molecule has 5 rings (SSSR count). The maximum Gasteiger partial charge on any atom is 0.326 e. The summed E-state index contributed by atoms with van der Waals surface area (Å²) in [5.41, 5.74) is 0.441. The first kappa shape index (κ1) is 19.9. The number of urea groups is 1. The van der Waals surface area contributed by atoms with Gasteiger partial charge in [0.15, 0.2) is 0 Å². The normalized spacial score (nSPS) is 24.0. The number of hydrogen-bond acceptors (Lipinski definition) is 6. The molecule has 3 fully saturated rings. The summed E-state index contributed by atoms with van der Waals surface area (Å²) in [5.74, 6) is -0.0162. The number of aromatic nitrogens is 1. The number of carbonyl (C=O) groups excluding carboxylic acids is 2. The van der Waals surface area contributed by atoms with Gasteiger partial charge >= 0.3 is 6.03 Å². The summed E-state index contributed by atoms with van der Waals surface area (Å²) in [6, 6.07) is 8.33. The number of carbonyl (C=O) groups is 2. The number of benzene rings is 1. The van der Waals surface area contributed by atoms with Gasteiger partial charge in [0.05, 0.1) is 22.9 Å². The minimum absolute atomic E-state index is 0.0162. The summed E-state index contributed by atoms with van der Waals surface area (Å²) >= 11 is 1.77. The molecule has 1 aliphatic carbocycles. The lowest BCUT2D eigenvalue weighted by atomic mass is 9.82. The fraction of sp³-hybridized carbons (Fsp3) is 0.591. The molecule has 30 heavy (non-hydrogen) atoms. The van der Waals surface area contributed by atoms with Gasteiger partial charge in [-0.1, -0.05) is 31.4 Å². The zero-order valence-corrected chi connectivity index (χ0v) is 18.3. The van der Waals surface area contributed by atoms with Crippen molar-refractivity contribution >= 4 is 33.5 Å². The quantitative estimate of drug-likeness (QED) is 0.759. The maximum atomic E-state index is 13.0. The summed E-state index contributed by atoms with van der Waals surface area (Å²) in [7, 11) is 0. The van der Waals surface area contributed by atoms with E-state index in [2.05, 4.69) is 40.2 Å². The highest BCUT2D eigenvalue weighted by atomic mass is 32.1. The molecular weight excluding hydrogens is 398 g/mol. The average molecular weight is 428 g/mol. The van der Waals surface area contributed by atoms with Crippen LogP contribution in [0.1, 0.15) is 50.1 Å². The summed E-state index contributed by atoms with van der Waals surface area (Å²) in [4.78, 5) is 36.5. The summed E-state index contributed by atoms with van der Waals surface area (Å²) in [6.45, 7) is 6.13. The Morgan fingerprint density at radius 1 is 1.10 bits per heavy atom. The topological polar surface area (TPSA) is 68.8 Å². The molecule has 3 heterocycles. The van der Waals surface area contributed by atoms with E-state index in [1.807, 2.05) is 6.07 Å². The Morgan fingerprint density at radius 2 is 1.83 bits per heavy atom. The van der Waals surface area contributed by atoms with Crippen molar-refractivity contribution in [2.45, 2.75) is 50.6 Å². The fourth-order valence-corrected chi connectivity index (χ4v) is 6.07. The Kier molecular flexibility index (Phi) is 5.24. The predicted octanol–water partition coefficient (Wildman–Crippen LogP) is 3.19. The predicted molar refractivity (Wildman–Crippen MR) is 117 cm³/mol. The number of thiazole rings is 1. The van der Waals surface area contributed by atoms with Gasteiger partial charge in [-0.05, 0) is 31.9 Å². The number of para-hydroxylation sites is 1. The van der Waals surface area contributed by atoms with Crippen molar-refractivity contribution in [2.24, 2.45) is 0 Å². The van der Waals surface area contributed by atoms with Crippen LogP contribution in [0.25, 0.3) is 10.2 Å². The van der Waals surface area contributed by atoms with Crippen LogP contribution < -0.4 is 5.32 Å². The standard InChI is InChI=1S/C22H29N5O2S/c1-16(19-23-17-7-3-4-8-18(17)30-19)26-13-11-25(12-14-26)15-27-20(28)22(24-21(27)29)9-5-2-6-10-22/h3-4,7-8,16H,2,5-6,9-15H2,1H3,(H,24,29)/t16-/m1/s1. The molecule has 1 aromatic heterocycles. The number of amides is 3. The lowest BCUT2D eigenvalue weighted by Crippen LogP contribution is -2.52. The van der Waals surface area contributed by atoms with Crippen molar-refractivity contribution < 1.29 is 9.59 Å². The molecular formula is C22H29N5O2S. The fourth-order valence-electron chi connectivity index (χ4n) is 5.02.